The summed E-state index contributed by atoms with van der Waals surface area (Å²) in [4.78, 5) is 35.0. The summed E-state index contributed by atoms with van der Waals surface area (Å²) in [5.41, 5.74) is 0.323. The number of aromatic nitrogens is 1. The molecule has 1 amide bonds. The van der Waals surface area contributed by atoms with Crippen molar-refractivity contribution in [1.29, 1.82) is 0 Å². The summed E-state index contributed by atoms with van der Waals surface area (Å²) < 4.78 is 1.60. The molecule has 2 heterocycles. The topological polar surface area (TPSA) is 109 Å². The highest BCUT2D eigenvalue weighted by molar-refractivity contribution is 7.17. The van der Waals surface area contributed by atoms with Gasteiger partial charge < -0.3 is 15.5 Å². The molecule has 0 aliphatic rings. The molecule has 7 nitrogen and oxygen atoms in total. The summed E-state index contributed by atoms with van der Waals surface area (Å²) in [7, 11) is 0. The summed E-state index contributed by atoms with van der Waals surface area (Å²) in [6.07, 6.45) is 0. The molecule has 1 aromatic carbocycles. The summed E-state index contributed by atoms with van der Waals surface area (Å²) in [5.74, 6) is -2.42. The van der Waals surface area contributed by atoms with E-state index in [9.17, 15) is 24.6 Å². The van der Waals surface area contributed by atoms with Crippen LogP contribution in [0, 0.1) is 0 Å². The quantitative estimate of drug-likeness (QED) is 0.632. The molecule has 0 aliphatic carbocycles. The normalized spacial score (nSPS) is 10.8. The molecule has 0 saturated carbocycles. The molecule has 0 saturated heterocycles. The molecule has 3 N–H and O–H groups in total. The van der Waals surface area contributed by atoms with Gasteiger partial charge in [-0.25, -0.2) is 4.79 Å². The lowest BCUT2D eigenvalue weighted by Crippen LogP contribution is -2.22. The number of hydrogen-bond acceptors (Lipinski definition) is 5. The Bertz CT molecular complexity index is 1100. The van der Waals surface area contributed by atoms with Gasteiger partial charge >= 0.3 is 5.97 Å². The summed E-state index contributed by atoms with van der Waals surface area (Å²) in [5, 5.41) is 23.9. The summed E-state index contributed by atoms with van der Waals surface area (Å²) >= 11 is 7.28. The molecule has 3 aromatic rings. The van der Waals surface area contributed by atoms with Crippen LogP contribution in [0.2, 0.25) is 5.02 Å². The van der Waals surface area contributed by atoms with Crippen molar-refractivity contribution >= 4 is 50.7 Å². The Balaban J connectivity index is 2.09. The molecule has 0 spiro atoms. The Morgan fingerprint density at radius 2 is 2.04 bits per heavy atom. The standard InChI is InChI=1S/C17H13ClN2O5S/c1-8(21)19-11-3-2-9(6-10(11)18)7-20-12-4-5-26-15(12)13(17(24)25)14(22)16(20)23/h2-6,22H,7H2,1H3,(H,19,21)(H,24,25). The van der Waals surface area contributed by atoms with E-state index in [4.69, 9.17) is 11.6 Å². The second-order valence-electron chi connectivity index (χ2n) is 5.55. The van der Waals surface area contributed by atoms with E-state index in [1.165, 1.54) is 11.5 Å². The predicted molar refractivity (Wildman–Crippen MR) is 99.6 cm³/mol. The van der Waals surface area contributed by atoms with Crippen LogP contribution in [0.3, 0.4) is 0 Å². The Kier molecular flexibility index (Phi) is 4.71. The predicted octanol–water partition coefficient (Wildman–Crippen LogP) is 3.13. The lowest BCUT2D eigenvalue weighted by atomic mass is 10.1. The first kappa shape index (κ1) is 18.0. The van der Waals surface area contributed by atoms with Crippen molar-refractivity contribution in [3.05, 3.63) is 56.1 Å². The van der Waals surface area contributed by atoms with E-state index in [0.29, 0.717) is 26.5 Å². The molecule has 0 unspecified atom stereocenters. The fourth-order valence-electron chi connectivity index (χ4n) is 2.64. The van der Waals surface area contributed by atoms with Crippen molar-refractivity contribution in [2.45, 2.75) is 13.5 Å². The van der Waals surface area contributed by atoms with Crippen molar-refractivity contribution in [1.82, 2.24) is 4.57 Å². The molecular weight excluding hydrogens is 380 g/mol. The number of carboxylic acid groups (broad SMARTS) is 1. The molecule has 26 heavy (non-hydrogen) atoms. The third-order valence-corrected chi connectivity index (χ3v) is 4.98. The van der Waals surface area contributed by atoms with Crippen molar-refractivity contribution in [2.24, 2.45) is 0 Å². The van der Waals surface area contributed by atoms with Gasteiger partial charge in [-0.1, -0.05) is 17.7 Å². The van der Waals surface area contributed by atoms with E-state index in [-0.39, 0.29) is 12.5 Å². The van der Waals surface area contributed by atoms with Gasteiger partial charge in [0, 0.05) is 6.92 Å². The number of pyridine rings is 1. The number of aromatic hydroxyl groups is 1. The second-order valence-corrected chi connectivity index (χ2v) is 6.87. The molecule has 0 atom stereocenters. The minimum absolute atomic E-state index is 0.0829. The zero-order valence-electron chi connectivity index (χ0n) is 13.4. The molecular formula is C17H13ClN2O5S. The van der Waals surface area contributed by atoms with Crippen LogP contribution in [0.5, 0.6) is 5.75 Å². The number of aromatic carboxylic acids is 1. The molecule has 3 rings (SSSR count). The fraction of sp³-hybridized carbons (Fsp3) is 0.118. The third-order valence-electron chi connectivity index (χ3n) is 3.75. The maximum Gasteiger partial charge on any atom is 0.341 e. The van der Waals surface area contributed by atoms with Crippen LogP contribution in [0.1, 0.15) is 22.8 Å². The largest absolute Gasteiger partial charge is 0.502 e. The highest BCUT2D eigenvalue weighted by atomic mass is 35.5. The van der Waals surface area contributed by atoms with Crippen LogP contribution in [0.15, 0.2) is 34.4 Å². The average molecular weight is 393 g/mol. The number of thiophene rings is 1. The van der Waals surface area contributed by atoms with Crippen molar-refractivity contribution in [3.8, 4) is 5.75 Å². The zero-order valence-corrected chi connectivity index (χ0v) is 15.0. The highest BCUT2D eigenvalue weighted by Gasteiger charge is 2.22. The number of carboxylic acids is 1. The molecule has 0 fully saturated rings. The van der Waals surface area contributed by atoms with E-state index < -0.39 is 22.8 Å². The lowest BCUT2D eigenvalue weighted by molar-refractivity contribution is -0.114. The highest BCUT2D eigenvalue weighted by Crippen LogP contribution is 2.30. The number of hydrogen-bond donors (Lipinski definition) is 3. The van der Waals surface area contributed by atoms with Crippen LogP contribution in [-0.4, -0.2) is 26.7 Å². The van der Waals surface area contributed by atoms with Gasteiger partial charge in [0.2, 0.25) is 5.91 Å². The molecule has 2 aromatic heterocycles. The lowest BCUT2D eigenvalue weighted by Gasteiger charge is -2.12. The van der Waals surface area contributed by atoms with Gasteiger partial charge in [-0.05, 0) is 29.1 Å². The van der Waals surface area contributed by atoms with Gasteiger partial charge in [-0.3, -0.25) is 14.2 Å². The van der Waals surface area contributed by atoms with Gasteiger partial charge in [0.15, 0.2) is 5.75 Å². The van der Waals surface area contributed by atoms with Gasteiger partial charge in [0.25, 0.3) is 5.56 Å². The monoisotopic (exact) mass is 392 g/mol. The van der Waals surface area contributed by atoms with E-state index in [1.54, 1.807) is 29.6 Å². The molecule has 0 bridgehead atoms. The number of halogens is 1. The van der Waals surface area contributed by atoms with Gasteiger partial charge in [0.1, 0.15) is 5.56 Å². The van der Waals surface area contributed by atoms with Gasteiger partial charge in [-0.15, -0.1) is 11.3 Å². The molecule has 0 aliphatic heterocycles. The number of nitrogens with zero attached hydrogens (tertiary/aromatic N) is 1. The number of amides is 1. The van der Waals surface area contributed by atoms with Crippen LogP contribution in [0.25, 0.3) is 10.2 Å². The molecule has 9 heteroatoms. The Morgan fingerprint density at radius 3 is 2.65 bits per heavy atom. The first-order chi connectivity index (χ1) is 12.3. The Labute approximate surface area is 156 Å². The second kappa shape index (κ2) is 6.81. The Morgan fingerprint density at radius 1 is 1.31 bits per heavy atom. The number of fused-ring (bicyclic) bond motifs is 1. The SMILES string of the molecule is CC(=O)Nc1ccc(Cn2c(=O)c(O)c(C(=O)O)c3sccc32)cc1Cl. The van der Waals surface area contributed by atoms with Crippen LogP contribution >= 0.6 is 22.9 Å². The molecule has 0 radical (unpaired) electrons. The minimum Gasteiger partial charge on any atom is -0.502 e. The third kappa shape index (κ3) is 3.16. The maximum absolute atomic E-state index is 12.5. The number of rotatable bonds is 4. The summed E-state index contributed by atoms with van der Waals surface area (Å²) in [6, 6.07) is 6.52. The fourth-order valence-corrected chi connectivity index (χ4v) is 3.82. The first-order valence-corrected chi connectivity index (χ1v) is 8.67. The Hall–Kier alpha value is -2.84. The number of nitrogens with one attached hydrogen (secondary N) is 1. The van der Waals surface area contributed by atoms with Gasteiger partial charge in [0.05, 0.1) is 27.5 Å². The van der Waals surface area contributed by atoms with Crippen LogP contribution < -0.4 is 10.9 Å². The smallest absolute Gasteiger partial charge is 0.341 e. The van der Waals surface area contributed by atoms with Crippen LogP contribution in [-0.2, 0) is 11.3 Å². The molecule has 134 valence electrons. The van der Waals surface area contributed by atoms with E-state index in [1.807, 2.05) is 0 Å². The van der Waals surface area contributed by atoms with Crippen molar-refractivity contribution in [2.75, 3.05) is 5.32 Å². The van der Waals surface area contributed by atoms with E-state index in [0.717, 1.165) is 11.3 Å². The minimum atomic E-state index is -1.36. The van der Waals surface area contributed by atoms with Crippen molar-refractivity contribution in [3.63, 3.8) is 0 Å². The summed E-state index contributed by atoms with van der Waals surface area (Å²) in [6.45, 7) is 1.45. The average Bonchev–Trinajstić information content (AvgIpc) is 3.02. The number of carbonyl (C=O) groups excluding carboxylic acids is 1. The number of benzene rings is 1. The van der Waals surface area contributed by atoms with Crippen LogP contribution in [0.4, 0.5) is 5.69 Å². The van der Waals surface area contributed by atoms with Gasteiger partial charge in [-0.2, -0.15) is 0 Å². The zero-order chi connectivity index (χ0) is 19.0. The van der Waals surface area contributed by atoms with E-state index in [2.05, 4.69) is 5.32 Å². The van der Waals surface area contributed by atoms with E-state index >= 15 is 0 Å². The van der Waals surface area contributed by atoms with Crippen molar-refractivity contribution < 1.29 is 19.8 Å². The first-order valence-electron chi connectivity index (χ1n) is 7.42. The maximum atomic E-state index is 12.5. The number of anilines is 1. The number of carbonyl (C=O) groups is 2.